The van der Waals surface area contributed by atoms with E-state index in [-0.39, 0.29) is 18.4 Å². The van der Waals surface area contributed by atoms with E-state index in [0.717, 1.165) is 0 Å². The van der Waals surface area contributed by atoms with Crippen molar-refractivity contribution in [2.75, 3.05) is 19.0 Å². The highest BCUT2D eigenvalue weighted by Gasteiger charge is 2.18. The maximum atomic E-state index is 11.8. The van der Waals surface area contributed by atoms with Gasteiger partial charge in [-0.15, -0.1) is 0 Å². The molecule has 128 valence electrons. The molecule has 0 saturated carbocycles. The van der Waals surface area contributed by atoms with Crippen molar-refractivity contribution < 1.29 is 19.1 Å². The van der Waals surface area contributed by atoms with Gasteiger partial charge in [-0.3, -0.25) is 9.59 Å². The Morgan fingerprint density at radius 3 is 2.57 bits per heavy atom. The van der Waals surface area contributed by atoms with Crippen LogP contribution >= 0.6 is 11.6 Å². The largest absolute Gasteiger partial charge is 0.495 e. The fourth-order valence-electron chi connectivity index (χ4n) is 1.83. The van der Waals surface area contributed by atoms with Crippen LogP contribution in [0.2, 0.25) is 5.02 Å². The third-order valence-corrected chi connectivity index (χ3v) is 3.15. The van der Waals surface area contributed by atoms with Gasteiger partial charge < -0.3 is 20.1 Å². The molecule has 1 unspecified atom stereocenters. The second-order valence-corrected chi connectivity index (χ2v) is 5.75. The first kappa shape index (κ1) is 19.1. The molecule has 0 radical (unpaired) electrons. The molecule has 7 heteroatoms. The highest BCUT2D eigenvalue weighted by atomic mass is 35.5. The standard InChI is InChI=1S/C16H23ClN2O4/c1-10(2)19-16(21)11(3)23-15(20)7-8-18-13-9-12(17)5-6-14(13)22-4/h5-6,9-11,18H,7-8H2,1-4H3,(H,19,21). The van der Waals surface area contributed by atoms with Gasteiger partial charge in [0.1, 0.15) is 5.75 Å². The number of carbonyl (C=O) groups is 2. The lowest BCUT2D eigenvalue weighted by Crippen LogP contribution is -2.39. The molecule has 2 N–H and O–H groups in total. The Labute approximate surface area is 141 Å². The lowest BCUT2D eigenvalue weighted by atomic mass is 10.3. The first-order valence-electron chi connectivity index (χ1n) is 7.40. The summed E-state index contributed by atoms with van der Waals surface area (Å²) in [5, 5.41) is 6.31. The molecular formula is C16H23ClN2O4. The Kier molecular flexibility index (Phi) is 7.68. The van der Waals surface area contributed by atoms with Crippen LogP contribution in [-0.4, -0.2) is 37.7 Å². The molecule has 1 aromatic rings. The van der Waals surface area contributed by atoms with Crippen molar-refractivity contribution >= 4 is 29.2 Å². The average molecular weight is 343 g/mol. The minimum atomic E-state index is -0.814. The molecule has 0 fully saturated rings. The highest BCUT2D eigenvalue weighted by Crippen LogP contribution is 2.27. The molecule has 1 amide bonds. The Bertz CT molecular complexity index is 549. The van der Waals surface area contributed by atoms with Crippen LogP contribution in [0.4, 0.5) is 5.69 Å². The predicted octanol–water partition coefficient (Wildman–Crippen LogP) is 2.61. The van der Waals surface area contributed by atoms with Gasteiger partial charge in [0.2, 0.25) is 0 Å². The number of esters is 1. The molecule has 1 atom stereocenters. The van der Waals surface area contributed by atoms with E-state index in [9.17, 15) is 9.59 Å². The van der Waals surface area contributed by atoms with Crippen LogP contribution < -0.4 is 15.4 Å². The van der Waals surface area contributed by atoms with Crippen LogP contribution in [0.25, 0.3) is 0 Å². The van der Waals surface area contributed by atoms with Gasteiger partial charge in [0, 0.05) is 17.6 Å². The van der Waals surface area contributed by atoms with Crippen LogP contribution in [0.15, 0.2) is 18.2 Å². The third kappa shape index (κ3) is 6.78. The number of amides is 1. The summed E-state index contributed by atoms with van der Waals surface area (Å²) >= 11 is 5.93. The van der Waals surface area contributed by atoms with E-state index in [2.05, 4.69) is 10.6 Å². The second-order valence-electron chi connectivity index (χ2n) is 5.32. The summed E-state index contributed by atoms with van der Waals surface area (Å²) < 4.78 is 10.3. The van der Waals surface area contributed by atoms with E-state index in [0.29, 0.717) is 23.0 Å². The van der Waals surface area contributed by atoms with E-state index in [1.54, 1.807) is 32.2 Å². The minimum absolute atomic E-state index is 0.000567. The number of nitrogens with one attached hydrogen (secondary N) is 2. The summed E-state index contributed by atoms with van der Waals surface area (Å²) in [6, 6.07) is 5.17. The molecule has 0 bridgehead atoms. The number of halogens is 1. The van der Waals surface area contributed by atoms with Gasteiger partial charge in [0.05, 0.1) is 19.2 Å². The second kappa shape index (κ2) is 9.25. The fourth-order valence-corrected chi connectivity index (χ4v) is 2.00. The number of anilines is 1. The van der Waals surface area contributed by atoms with Crippen molar-refractivity contribution in [2.24, 2.45) is 0 Å². The Hall–Kier alpha value is -1.95. The van der Waals surface area contributed by atoms with Crippen LogP contribution in [0.5, 0.6) is 5.75 Å². The van der Waals surface area contributed by atoms with Gasteiger partial charge in [-0.05, 0) is 39.0 Å². The normalized spacial score (nSPS) is 11.7. The molecule has 1 aromatic carbocycles. The summed E-state index contributed by atoms with van der Waals surface area (Å²) in [6.45, 7) is 5.57. The molecule has 0 aliphatic carbocycles. The van der Waals surface area contributed by atoms with E-state index < -0.39 is 12.1 Å². The molecule has 6 nitrogen and oxygen atoms in total. The number of hydrogen-bond acceptors (Lipinski definition) is 5. The summed E-state index contributed by atoms with van der Waals surface area (Å²) in [5.74, 6) is -0.129. The minimum Gasteiger partial charge on any atom is -0.495 e. The SMILES string of the molecule is COc1ccc(Cl)cc1NCCC(=O)OC(C)C(=O)NC(C)C. The first-order chi connectivity index (χ1) is 10.8. The Balaban J connectivity index is 2.42. The van der Waals surface area contributed by atoms with E-state index in [1.807, 2.05) is 13.8 Å². The number of hydrogen-bond donors (Lipinski definition) is 2. The van der Waals surface area contributed by atoms with Gasteiger partial charge in [0.15, 0.2) is 6.10 Å². The molecule has 23 heavy (non-hydrogen) atoms. The van der Waals surface area contributed by atoms with Gasteiger partial charge in [-0.2, -0.15) is 0 Å². The third-order valence-electron chi connectivity index (χ3n) is 2.91. The van der Waals surface area contributed by atoms with E-state index in [1.165, 1.54) is 0 Å². The fraction of sp³-hybridized carbons (Fsp3) is 0.500. The number of ether oxygens (including phenoxy) is 2. The smallest absolute Gasteiger partial charge is 0.308 e. The molecular weight excluding hydrogens is 320 g/mol. The van der Waals surface area contributed by atoms with E-state index in [4.69, 9.17) is 21.1 Å². The van der Waals surface area contributed by atoms with Crippen molar-refractivity contribution in [1.82, 2.24) is 5.32 Å². The zero-order valence-corrected chi connectivity index (χ0v) is 14.6. The maximum absolute atomic E-state index is 11.8. The Morgan fingerprint density at radius 1 is 1.26 bits per heavy atom. The summed E-state index contributed by atoms with van der Waals surface area (Å²) in [6.07, 6.45) is -0.694. The summed E-state index contributed by atoms with van der Waals surface area (Å²) in [4.78, 5) is 23.4. The number of carbonyl (C=O) groups excluding carboxylic acids is 2. The number of methoxy groups -OCH3 is 1. The van der Waals surface area contributed by atoms with Crippen molar-refractivity contribution in [3.8, 4) is 5.75 Å². The lowest BCUT2D eigenvalue weighted by Gasteiger charge is -2.16. The molecule has 0 aliphatic heterocycles. The number of benzene rings is 1. The van der Waals surface area contributed by atoms with Crippen LogP contribution in [0.3, 0.4) is 0 Å². The molecule has 0 aromatic heterocycles. The quantitative estimate of drug-likeness (QED) is 0.710. The summed E-state index contributed by atoms with van der Waals surface area (Å²) in [7, 11) is 1.55. The molecule has 1 rings (SSSR count). The van der Waals surface area contributed by atoms with Crippen molar-refractivity contribution in [1.29, 1.82) is 0 Å². The molecule has 0 saturated heterocycles. The molecule has 0 heterocycles. The summed E-state index contributed by atoms with van der Waals surface area (Å²) in [5.41, 5.74) is 0.693. The van der Waals surface area contributed by atoms with Crippen LogP contribution in [0.1, 0.15) is 27.2 Å². The molecule has 0 spiro atoms. The average Bonchev–Trinajstić information content (AvgIpc) is 2.46. The van der Waals surface area contributed by atoms with Crippen LogP contribution in [0, 0.1) is 0 Å². The van der Waals surface area contributed by atoms with Crippen LogP contribution in [-0.2, 0) is 14.3 Å². The van der Waals surface area contributed by atoms with Crippen molar-refractivity contribution in [3.05, 3.63) is 23.2 Å². The van der Waals surface area contributed by atoms with E-state index >= 15 is 0 Å². The predicted molar refractivity (Wildman–Crippen MR) is 89.9 cm³/mol. The maximum Gasteiger partial charge on any atom is 0.308 e. The van der Waals surface area contributed by atoms with Gasteiger partial charge in [-0.1, -0.05) is 11.6 Å². The zero-order chi connectivity index (χ0) is 17.4. The first-order valence-corrected chi connectivity index (χ1v) is 7.78. The van der Waals surface area contributed by atoms with Crippen molar-refractivity contribution in [3.63, 3.8) is 0 Å². The van der Waals surface area contributed by atoms with Gasteiger partial charge in [-0.25, -0.2) is 0 Å². The lowest BCUT2D eigenvalue weighted by molar-refractivity contribution is -0.154. The van der Waals surface area contributed by atoms with Crippen molar-refractivity contribution in [2.45, 2.75) is 39.3 Å². The van der Waals surface area contributed by atoms with Gasteiger partial charge in [0.25, 0.3) is 5.91 Å². The zero-order valence-electron chi connectivity index (χ0n) is 13.8. The monoisotopic (exact) mass is 342 g/mol. The van der Waals surface area contributed by atoms with Gasteiger partial charge >= 0.3 is 5.97 Å². The topological polar surface area (TPSA) is 76.7 Å². The Morgan fingerprint density at radius 2 is 1.96 bits per heavy atom. The highest BCUT2D eigenvalue weighted by molar-refractivity contribution is 6.30. The molecule has 0 aliphatic rings. The number of rotatable bonds is 8.